The van der Waals surface area contributed by atoms with Gasteiger partial charge in [-0.25, -0.2) is 0 Å². The van der Waals surface area contributed by atoms with E-state index in [0.29, 0.717) is 5.75 Å². The minimum atomic E-state index is 0.119. The lowest BCUT2D eigenvalue weighted by atomic mass is 10.2. The van der Waals surface area contributed by atoms with Crippen LogP contribution in [0.4, 0.5) is 0 Å². The fraction of sp³-hybridized carbons (Fsp3) is 0.462. The molecule has 2 nitrogen and oxygen atoms in total. The summed E-state index contributed by atoms with van der Waals surface area (Å²) in [6.07, 6.45) is 3.44. The van der Waals surface area contributed by atoms with Gasteiger partial charge in [0.1, 0.15) is 0 Å². The fourth-order valence-corrected chi connectivity index (χ4v) is 2.33. The molecular formula is C13H18BrNOS. The molecule has 1 rings (SSSR count). The first-order chi connectivity index (χ1) is 8.22. The lowest BCUT2D eigenvalue weighted by Gasteiger charge is -2.04. The first-order valence-corrected chi connectivity index (χ1v) is 7.65. The third kappa shape index (κ3) is 6.74. The molecule has 0 aliphatic heterocycles. The number of halogens is 1. The number of carbonyl (C=O) groups excluding carboxylic acids is 1. The zero-order valence-corrected chi connectivity index (χ0v) is 12.4. The summed E-state index contributed by atoms with van der Waals surface area (Å²) in [7, 11) is 0. The van der Waals surface area contributed by atoms with Crippen LogP contribution in [0.3, 0.4) is 0 Å². The number of hydrogen-bond acceptors (Lipinski definition) is 2. The van der Waals surface area contributed by atoms with Gasteiger partial charge in [-0.15, -0.1) is 11.8 Å². The van der Waals surface area contributed by atoms with Crippen molar-refractivity contribution in [1.29, 1.82) is 0 Å². The van der Waals surface area contributed by atoms with Crippen LogP contribution in [0.2, 0.25) is 0 Å². The third-order valence-corrected chi connectivity index (χ3v) is 3.83. The van der Waals surface area contributed by atoms with Gasteiger partial charge in [-0.3, -0.25) is 4.79 Å². The van der Waals surface area contributed by atoms with E-state index >= 15 is 0 Å². The van der Waals surface area contributed by atoms with Crippen molar-refractivity contribution in [1.82, 2.24) is 5.32 Å². The van der Waals surface area contributed by atoms with Crippen LogP contribution in [-0.2, 0) is 4.79 Å². The van der Waals surface area contributed by atoms with Crippen LogP contribution in [0.15, 0.2) is 33.6 Å². The predicted octanol–water partition coefficient (Wildman–Crippen LogP) is 3.85. The van der Waals surface area contributed by atoms with Crippen LogP contribution in [0, 0.1) is 0 Å². The molecule has 0 atom stereocenters. The van der Waals surface area contributed by atoms with Crippen LogP contribution in [-0.4, -0.2) is 18.2 Å². The minimum absolute atomic E-state index is 0.119. The van der Waals surface area contributed by atoms with Crippen LogP contribution >= 0.6 is 27.7 Å². The summed E-state index contributed by atoms with van der Waals surface area (Å²) in [6.45, 7) is 2.96. The smallest absolute Gasteiger partial charge is 0.230 e. The van der Waals surface area contributed by atoms with Crippen molar-refractivity contribution >= 4 is 33.6 Å². The lowest BCUT2D eigenvalue weighted by molar-refractivity contribution is -0.118. The fourth-order valence-electron chi connectivity index (χ4n) is 1.33. The highest BCUT2D eigenvalue weighted by molar-refractivity contribution is 9.10. The summed E-state index contributed by atoms with van der Waals surface area (Å²) in [5, 5.41) is 2.93. The number of rotatable bonds is 7. The maximum absolute atomic E-state index is 11.5. The topological polar surface area (TPSA) is 29.1 Å². The van der Waals surface area contributed by atoms with Gasteiger partial charge in [0.2, 0.25) is 5.91 Å². The van der Waals surface area contributed by atoms with Crippen LogP contribution in [0.25, 0.3) is 0 Å². The van der Waals surface area contributed by atoms with Crippen molar-refractivity contribution in [2.24, 2.45) is 0 Å². The molecule has 0 saturated heterocycles. The molecule has 0 saturated carbocycles. The molecule has 0 bridgehead atoms. The van der Waals surface area contributed by atoms with E-state index in [1.165, 1.54) is 12.8 Å². The molecule has 94 valence electrons. The Hall–Kier alpha value is -0.480. The summed E-state index contributed by atoms with van der Waals surface area (Å²) in [6, 6.07) is 8.00. The number of amides is 1. The summed E-state index contributed by atoms with van der Waals surface area (Å²) >= 11 is 4.95. The molecule has 0 aliphatic carbocycles. The van der Waals surface area contributed by atoms with Crippen molar-refractivity contribution in [3.05, 3.63) is 28.7 Å². The van der Waals surface area contributed by atoms with Crippen molar-refractivity contribution < 1.29 is 4.79 Å². The number of carbonyl (C=O) groups is 1. The standard InChI is InChI=1S/C13H18BrNOS/c1-2-3-4-9-15-13(16)10-17-12-7-5-11(14)6-8-12/h5-8H,2-4,9-10H2,1H3,(H,15,16). The minimum Gasteiger partial charge on any atom is -0.355 e. The van der Waals surface area contributed by atoms with Gasteiger partial charge in [-0.05, 0) is 30.7 Å². The van der Waals surface area contributed by atoms with Crippen LogP contribution in [0.1, 0.15) is 26.2 Å². The average Bonchev–Trinajstić information content (AvgIpc) is 2.34. The maximum Gasteiger partial charge on any atom is 0.230 e. The lowest BCUT2D eigenvalue weighted by Crippen LogP contribution is -2.26. The van der Waals surface area contributed by atoms with Gasteiger partial charge in [-0.1, -0.05) is 35.7 Å². The Morgan fingerprint density at radius 3 is 2.65 bits per heavy atom. The third-order valence-electron chi connectivity index (χ3n) is 2.29. The molecule has 0 heterocycles. The van der Waals surface area contributed by atoms with E-state index in [1.807, 2.05) is 24.3 Å². The second-order valence-electron chi connectivity index (χ2n) is 3.80. The number of unbranched alkanes of at least 4 members (excludes halogenated alkanes) is 2. The quantitative estimate of drug-likeness (QED) is 0.611. The Labute approximate surface area is 116 Å². The summed E-state index contributed by atoms with van der Waals surface area (Å²) in [5.74, 6) is 0.613. The molecule has 0 aromatic heterocycles. The highest BCUT2D eigenvalue weighted by Crippen LogP contribution is 2.20. The molecule has 4 heteroatoms. The summed E-state index contributed by atoms with van der Waals surface area (Å²) < 4.78 is 1.06. The molecule has 0 fully saturated rings. The van der Waals surface area contributed by atoms with Gasteiger partial charge in [0.15, 0.2) is 0 Å². The largest absolute Gasteiger partial charge is 0.355 e. The van der Waals surface area contributed by atoms with Crippen molar-refractivity contribution in [3.63, 3.8) is 0 Å². The zero-order valence-electron chi connectivity index (χ0n) is 10.0. The molecule has 0 radical (unpaired) electrons. The van der Waals surface area contributed by atoms with E-state index in [0.717, 1.165) is 22.3 Å². The van der Waals surface area contributed by atoms with Crippen LogP contribution < -0.4 is 5.32 Å². The predicted molar refractivity (Wildman–Crippen MR) is 77.4 cm³/mol. The van der Waals surface area contributed by atoms with Crippen molar-refractivity contribution in [3.8, 4) is 0 Å². The number of nitrogens with one attached hydrogen (secondary N) is 1. The Morgan fingerprint density at radius 2 is 2.00 bits per heavy atom. The Balaban J connectivity index is 2.17. The Morgan fingerprint density at radius 1 is 1.29 bits per heavy atom. The Bertz CT molecular complexity index is 340. The van der Waals surface area contributed by atoms with Gasteiger partial charge >= 0.3 is 0 Å². The van der Waals surface area contributed by atoms with Crippen molar-refractivity contribution in [2.75, 3.05) is 12.3 Å². The van der Waals surface area contributed by atoms with E-state index in [4.69, 9.17) is 0 Å². The molecule has 17 heavy (non-hydrogen) atoms. The van der Waals surface area contributed by atoms with E-state index in [2.05, 4.69) is 28.2 Å². The van der Waals surface area contributed by atoms with Gasteiger partial charge in [-0.2, -0.15) is 0 Å². The molecule has 1 amide bonds. The molecule has 1 aromatic carbocycles. The van der Waals surface area contributed by atoms with Gasteiger partial charge in [0, 0.05) is 15.9 Å². The summed E-state index contributed by atoms with van der Waals surface area (Å²) in [4.78, 5) is 12.6. The zero-order chi connectivity index (χ0) is 12.5. The van der Waals surface area contributed by atoms with Crippen molar-refractivity contribution in [2.45, 2.75) is 31.1 Å². The van der Waals surface area contributed by atoms with Crippen LogP contribution in [0.5, 0.6) is 0 Å². The van der Waals surface area contributed by atoms with E-state index in [1.54, 1.807) is 11.8 Å². The SMILES string of the molecule is CCCCCNC(=O)CSc1ccc(Br)cc1. The van der Waals surface area contributed by atoms with E-state index in [9.17, 15) is 4.79 Å². The first-order valence-electron chi connectivity index (χ1n) is 5.87. The van der Waals surface area contributed by atoms with Gasteiger partial charge < -0.3 is 5.32 Å². The van der Waals surface area contributed by atoms with Gasteiger partial charge in [0.25, 0.3) is 0 Å². The first kappa shape index (κ1) is 14.6. The number of benzene rings is 1. The van der Waals surface area contributed by atoms with E-state index in [-0.39, 0.29) is 5.91 Å². The maximum atomic E-state index is 11.5. The summed E-state index contributed by atoms with van der Waals surface area (Å²) in [5.41, 5.74) is 0. The molecule has 0 aliphatic rings. The van der Waals surface area contributed by atoms with E-state index < -0.39 is 0 Å². The average molecular weight is 316 g/mol. The number of hydrogen-bond donors (Lipinski definition) is 1. The molecule has 0 spiro atoms. The molecule has 0 unspecified atom stereocenters. The molecule has 1 N–H and O–H groups in total. The molecular weight excluding hydrogens is 298 g/mol. The highest BCUT2D eigenvalue weighted by atomic mass is 79.9. The Kier molecular flexibility index (Phi) is 7.37. The monoisotopic (exact) mass is 315 g/mol. The number of thioether (sulfide) groups is 1. The highest BCUT2D eigenvalue weighted by Gasteiger charge is 2.01. The second kappa shape index (κ2) is 8.59. The molecule has 1 aromatic rings. The van der Waals surface area contributed by atoms with Gasteiger partial charge in [0.05, 0.1) is 5.75 Å². The second-order valence-corrected chi connectivity index (χ2v) is 5.76. The normalized spacial score (nSPS) is 10.2.